The van der Waals surface area contributed by atoms with Crippen LogP contribution in [0.15, 0.2) is 53.6 Å². The van der Waals surface area contributed by atoms with Crippen molar-refractivity contribution in [1.82, 2.24) is 5.43 Å². The molecule has 0 aliphatic heterocycles. The molecule has 0 saturated carbocycles. The molecule has 0 unspecified atom stereocenters. The van der Waals surface area contributed by atoms with Crippen LogP contribution in [0, 0.1) is 5.82 Å². The van der Waals surface area contributed by atoms with E-state index >= 15 is 0 Å². The summed E-state index contributed by atoms with van der Waals surface area (Å²) >= 11 is 3.16. The number of carbonyl (C=O) groups excluding carboxylic acids is 2. The molecule has 2 amide bonds. The molecule has 0 bridgehead atoms. The maximum atomic E-state index is 13.4. The second-order valence-electron chi connectivity index (χ2n) is 8.45. The molecule has 0 spiro atoms. The van der Waals surface area contributed by atoms with Crippen LogP contribution in [-0.4, -0.2) is 35.5 Å². The minimum Gasteiger partial charge on any atom is -0.396 e. The highest BCUT2D eigenvalue weighted by Crippen LogP contribution is 2.38. The van der Waals surface area contributed by atoms with Crippen LogP contribution in [0.3, 0.4) is 0 Å². The van der Waals surface area contributed by atoms with Crippen molar-refractivity contribution >= 4 is 46.1 Å². The first-order valence-corrected chi connectivity index (χ1v) is 13.8. The summed E-state index contributed by atoms with van der Waals surface area (Å²) in [6.07, 6.45) is 5.82. The van der Waals surface area contributed by atoms with E-state index in [1.54, 1.807) is 30.0 Å². The van der Waals surface area contributed by atoms with Gasteiger partial charge in [0.1, 0.15) is 10.8 Å². The van der Waals surface area contributed by atoms with Gasteiger partial charge in [-0.25, -0.2) is 9.82 Å². The van der Waals surface area contributed by atoms with Gasteiger partial charge in [-0.05, 0) is 78.8 Å². The van der Waals surface area contributed by atoms with Gasteiger partial charge in [-0.1, -0.05) is 24.3 Å². The maximum Gasteiger partial charge on any atom is 0.274 e. The second-order valence-corrected chi connectivity index (χ2v) is 10.7. The zero-order chi connectivity index (χ0) is 25.3. The normalized spacial score (nSPS) is 12.9. The predicted molar refractivity (Wildman–Crippen MR) is 145 cm³/mol. The number of halogens is 1. The van der Waals surface area contributed by atoms with Crippen LogP contribution in [0.5, 0.6) is 0 Å². The van der Waals surface area contributed by atoms with E-state index < -0.39 is 5.91 Å². The van der Waals surface area contributed by atoms with Crippen molar-refractivity contribution in [3.8, 4) is 0 Å². The molecule has 2 aromatic carbocycles. The van der Waals surface area contributed by atoms with Crippen LogP contribution in [0.2, 0.25) is 0 Å². The zero-order valence-corrected chi connectivity index (χ0v) is 21.4. The number of rotatable bonds is 10. The van der Waals surface area contributed by atoms with Gasteiger partial charge in [0.05, 0.1) is 11.8 Å². The molecule has 188 valence electrons. The Morgan fingerprint density at radius 1 is 1.11 bits per heavy atom. The summed E-state index contributed by atoms with van der Waals surface area (Å²) in [6.45, 7) is 0.173. The molecule has 0 radical (unpaired) electrons. The minimum atomic E-state index is -0.397. The number of aryl methyl sites for hydroxylation is 1. The quantitative estimate of drug-likeness (QED) is 0.188. The van der Waals surface area contributed by atoms with E-state index in [0.717, 1.165) is 59.6 Å². The van der Waals surface area contributed by atoms with Crippen molar-refractivity contribution in [3.63, 3.8) is 0 Å². The molecule has 1 aromatic heterocycles. The molecule has 6 nitrogen and oxygen atoms in total. The first-order valence-electron chi connectivity index (χ1n) is 11.9. The van der Waals surface area contributed by atoms with Gasteiger partial charge in [-0.2, -0.15) is 16.9 Å². The summed E-state index contributed by atoms with van der Waals surface area (Å²) in [7, 11) is 0. The number of thiophene rings is 1. The Kier molecular flexibility index (Phi) is 9.27. The van der Waals surface area contributed by atoms with Gasteiger partial charge in [0.15, 0.2) is 0 Å². The van der Waals surface area contributed by atoms with Crippen LogP contribution < -0.4 is 10.7 Å². The summed E-state index contributed by atoms with van der Waals surface area (Å²) < 4.78 is 13.4. The molecule has 0 saturated heterocycles. The third kappa shape index (κ3) is 6.81. The van der Waals surface area contributed by atoms with Gasteiger partial charge in [-0.3, -0.25) is 9.59 Å². The number of hydrazone groups is 1. The average molecular weight is 526 g/mol. The van der Waals surface area contributed by atoms with Gasteiger partial charge < -0.3 is 10.4 Å². The highest BCUT2D eigenvalue weighted by atomic mass is 32.2. The van der Waals surface area contributed by atoms with Crippen molar-refractivity contribution in [1.29, 1.82) is 0 Å². The van der Waals surface area contributed by atoms with E-state index in [9.17, 15) is 14.0 Å². The number of anilines is 1. The fourth-order valence-corrected chi connectivity index (χ4v) is 6.21. The van der Waals surface area contributed by atoms with E-state index in [0.29, 0.717) is 21.7 Å². The lowest BCUT2D eigenvalue weighted by Gasteiger charge is -2.12. The average Bonchev–Trinajstić information content (AvgIpc) is 3.24. The summed E-state index contributed by atoms with van der Waals surface area (Å²) in [5.74, 6) is 0.564. The number of nitrogens with one attached hydrogen (secondary N) is 2. The number of amides is 2. The minimum absolute atomic E-state index is 0.173. The predicted octanol–water partition coefficient (Wildman–Crippen LogP) is 5.40. The molecule has 3 N–H and O–H groups in total. The van der Waals surface area contributed by atoms with E-state index in [4.69, 9.17) is 5.11 Å². The number of fused-ring (bicyclic) bond motifs is 1. The number of carbonyl (C=O) groups is 2. The highest BCUT2D eigenvalue weighted by Gasteiger charge is 2.26. The van der Waals surface area contributed by atoms with E-state index in [-0.39, 0.29) is 18.3 Å². The summed E-state index contributed by atoms with van der Waals surface area (Å²) in [5, 5.41) is 16.4. The van der Waals surface area contributed by atoms with Crippen LogP contribution in [0.25, 0.3) is 0 Å². The zero-order valence-electron chi connectivity index (χ0n) is 19.8. The smallest absolute Gasteiger partial charge is 0.274 e. The van der Waals surface area contributed by atoms with Gasteiger partial charge in [-0.15, -0.1) is 11.3 Å². The van der Waals surface area contributed by atoms with Crippen LogP contribution in [-0.2, 0) is 18.6 Å². The molecule has 0 atom stereocenters. The third-order valence-electron chi connectivity index (χ3n) is 5.76. The lowest BCUT2D eigenvalue weighted by molar-refractivity contribution is 0.0955. The Bertz CT molecular complexity index is 1260. The number of aliphatic hydroxyl groups is 1. The number of thioether (sulfide) groups is 1. The first-order chi connectivity index (χ1) is 17.5. The Balaban J connectivity index is 1.50. The lowest BCUT2D eigenvalue weighted by Crippen LogP contribution is -2.22. The van der Waals surface area contributed by atoms with Crippen molar-refractivity contribution in [2.45, 2.75) is 37.9 Å². The molecule has 9 heteroatoms. The fraction of sp³-hybridized carbons (Fsp3) is 0.296. The number of hydrogen-bond acceptors (Lipinski definition) is 6. The number of benzene rings is 2. The molecule has 4 rings (SSSR count). The monoisotopic (exact) mass is 525 g/mol. The van der Waals surface area contributed by atoms with Crippen LogP contribution in [0.1, 0.15) is 61.5 Å². The number of aliphatic hydroxyl groups excluding tert-OH is 1. The summed E-state index contributed by atoms with van der Waals surface area (Å²) in [5.41, 5.74) is 6.05. The Labute approximate surface area is 218 Å². The first kappa shape index (κ1) is 26.1. The summed E-state index contributed by atoms with van der Waals surface area (Å²) in [4.78, 5) is 27.4. The van der Waals surface area contributed by atoms with Gasteiger partial charge >= 0.3 is 0 Å². The molecule has 1 heterocycles. The summed E-state index contributed by atoms with van der Waals surface area (Å²) in [6, 6.07) is 13.4. The van der Waals surface area contributed by atoms with Gasteiger partial charge in [0.2, 0.25) is 0 Å². The standard InChI is InChI=1S/C27H28FN3O3S2/c28-21-9-4-6-18(15-21)16-29-31-26(34)24-22-10-1-2-11-23(22)36-27(24)30-25(33)20-8-3-7-19(14-20)17-35-13-5-12-32/h3-4,6-9,14-16,32H,1-2,5,10-13,17H2,(H,30,33)(H,31,34). The van der Waals surface area contributed by atoms with E-state index in [1.165, 1.54) is 29.7 Å². The molecule has 0 fully saturated rings. The molecule has 36 heavy (non-hydrogen) atoms. The molecule has 1 aliphatic rings. The maximum absolute atomic E-state index is 13.4. The Morgan fingerprint density at radius 2 is 1.94 bits per heavy atom. The van der Waals surface area contributed by atoms with Crippen molar-refractivity contribution < 1.29 is 19.1 Å². The van der Waals surface area contributed by atoms with Crippen molar-refractivity contribution in [2.24, 2.45) is 5.10 Å². The van der Waals surface area contributed by atoms with Crippen molar-refractivity contribution in [2.75, 3.05) is 17.7 Å². The molecule has 1 aliphatic carbocycles. The molecule has 3 aromatic rings. The second kappa shape index (κ2) is 12.8. The fourth-order valence-electron chi connectivity index (χ4n) is 4.04. The molecular formula is C27H28FN3O3S2. The van der Waals surface area contributed by atoms with Crippen molar-refractivity contribution in [3.05, 3.63) is 87.0 Å². The highest BCUT2D eigenvalue weighted by molar-refractivity contribution is 7.98. The Morgan fingerprint density at radius 3 is 2.78 bits per heavy atom. The van der Waals surface area contributed by atoms with Gasteiger partial charge in [0, 0.05) is 22.8 Å². The van der Waals surface area contributed by atoms with E-state index in [2.05, 4.69) is 15.8 Å². The number of hydrogen-bond donors (Lipinski definition) is 3. The van der Waals surface area contributed by atoms with Crippen LogP contribution >= 0.6 is 23.1 Å². The molecular weight excluding hydrogens is 497 g/mol. The third-order valence-corrected chi connectivity index (χ3v) is 8.08. The largest absolute Gasteiger partial charge is 0.396 e. The van der Waals surface area contributed by atoms with Crippen LogP contribution in [0.4, 0.5) is 9.39 Å². The van der Waals surface area contributed by atoms with Gasteiger partial charge in [0.25, 0.3) is 11.8 Å². The number of nitrogens with zero attached hydrogens (tertiary/aromatic N) is 1. The lowest BCUT2D eigenvalue weighted by atomic mass is 9.95. The van der Waals surface area contributed by atoms with E-state index in [1.807, 2.05) is 18.2 Å². The topological polar surface area (TPSA) is 90.8 Å². The SMILES string of the molecule is O=C(Nc1sc2c(c1C(=O)NN=Cc1cccc(F)c1)CCCC2)c1cccc(CSCCCO)c1. The Hall–Kier alpha value is -3.01.